The highest BCUT2D eigenvalue weighted by atomic mass is 19.1. The van der Waals surface area contributed by atoms with Crippen LogP contribution in [0.3, 0.4) is 0 Å². The van der Waals surface area contributed by atoms with Crippen LogP contribution in [0, 0.1) is 17.6 Å². The summed E-state index contributed by atoms with van der Waals surface area (Å²) in [5.41, 5.74) is -0.237. The highest BCUT2D eigenvalue weighted by Crippen LogP contribution is 2.28. The molecule has 7 nitrogen and oxygen atoms in total. The second-order valence-electron chi connectivity index (χ2n) is 7.98. The lowest BCUT2D eigenvalue weighted by Gasteiger charge is -2.19. The Morgan fingerprint density at radius 1 is 1.16 bits per heavy atom. The van der Waals surface area contributed by atoms with E-state index in [1.54, 1.807) is 6.07 Å². The maximum Gasteiger partial charge on any atom is 0.254 e. The van der Waals surface area contributed by atoms with Gasteiger partial charge in [0.25, 0.3) is 5.91 Å². The number of halogens is 2. The van der Waals surface area contributed by atoms with Crippen molar-refractivity contribution >= 4 is 17.6 Å². The number of benzene rings is 1. The van der Waals surface area contributed by atoms with E-state index in [1.807, 2.05) is 6.92 Å². The number of amides is 2. The number of carbonyl (C=O) groups is 2. The largest absolute Gasteiger partial charge is 0.378 e. The molecule has 31 heavy (non-hydrogen) atoms. The van der Waals surface area contributed by atoms with Gasteiger partial charge in [-0.25, -0.2) is 8.78 Å². The summed E-state index contributed by atoms with van der Waals surface area (Å²) in [6.45, 7) is 1.83. The van der Waals surface area contributed by atoms with E-state index in [0.717, 1.165) is 31.4 Å². The van der Waals surface area contributed by atoms with Crippen LogP contribution in [0.15, 0.2) is 28.8 Å². The molecule has 3 N–H and O–H groups in total. The highest BCUT2D eigenvalue weighted by molar-refractivity contribution is 5.97. The number of rotatable bonds is 9. The summed E-state index contributed by atoms with van der Waals surface area (Å²) in [7, 11) is 0. The van der Waals surface area contributed by atoms with E-state index in [0.29, 0.717) is 30.6 Å². The Hall–Kier alpha value is -2.81. The third-order valence-electron chi connectivity index (χ3n) is 5.43. The summed E-state index contributed by atoms with van der Waals surface area (Å²) in [4.78, 5) is 25.0. The number of hydrogen-bond acceptors (Lipinski definition) is 5. The Bertz CT molecular complexity index is 892. The van der Waals surface area contributed by atoms with E-state index in [1.165, 1.54) is 12.8 Å². The van der Waals surface area contributed by atoms with E-state index in [4.69, 9.17) is 4.52 Å². The zero-order chi connectivity index (χ0) is 22.4. The minimum atomic E-state index is -1.82. The average Bonchev–Trinajstić information content (AvgIpc) is 3.38. The summed E-state index contributed by atoms with van der Waals surface area (Å²) in [5, 5.41) is 19.1. The lowest BCUT2D eigenvalue weighted by molar-refractivity contribution is -0.133. The normalized spacial score (nSPS) is 16.1. The molecule has 9 heteroatoms. The molecule has 2 unspecified atom stereocenters. The summed E-state index contributed by atoms with van der Waals surface area (Å²) in [6, 6.07) is 3.08. The van der Waals surface area contributed by atoms with E-state index < -0.39 is 35.6 Å². The molecule has 0 spiro atoms. The number of aliphatic hydroxyl groups excluding tert-OH is 1. The fraction of sp³-hybridized carbons (Fsp3) is 0.500. The van der Waals surface area contributed by atoms with Gasteiger partial charge in [0.1, 0.15) is 23.4 Å². The van der Waals surface area contributed by atoms with Crippen molar-refractivity contribution in [2.45, 2.75) is 64.0 Å². The lowest BCUT2D eigenvalue weighted by Crippen LogP contribution is -2.45. The van der Waals surface area contributed by atoms with Gasteiger partial charge in [0.2, 0.25) is 5.91 Å². The number of nitrogens with one attached hydrogen (secondary N) is 2. The molecule has 0 bridgehead atoms. The summed E-state index contributed by atoms with van der Waals surface area (Å²) < 4.78 is 32.0. The van der Waals surface area contributed by atoms with Crippen LogP contribution in [-0.4, -0.2) is 28.1 Å². The molecule has 0 saturated heterocycles. The minimum Gasteiger partial charge on any atom is -0.378 e. The van der Waals surface area contributed by atoms with Crippen molar-refractivity contribution in [3.63, 3.8) is 0 Å². The van der Waals surface area contributed by atoms with Crippen LogP contribution >= 0.6 is 0 Å². The predicted molar refractivity (Wildman–Crippen MR) is 109 cm³/mol. The Morgan fingerprint density at radius 2 is 1.84 bits per heavy atom. The van der Waals surface area contributed by atoms with Crippen LogP contribution in [0.4, 0.5) is 14.6 Å². The number of aliphatic hydroxyl groups is 1. The second kappa shape index (κ2) is 10.5. The van der Waals surface area contributed by atoms with Gasteiger partial charge in [-0.15, -0.1) is 0 Å². The van der Waals surface area contributed by atoms with Crippen LogP contribution in [0.2, 0.25) is 0 Å². The molecule has 2 aromatic rings. The maximum absolute atomic E-state index is 13.4. The standard InChI is InChI=1S/C22H27F2N3O4/c1-2-5-18(25-22(30)20(28)14-9-15(23)11-16(24)10-14)21(29)26-19-12-17(31-27-19)8-13-6-3-4-7-13/h9-13,18,20,28H,2-8H2,1H3,(H,25,30)(H,26,27,29). The first-order chi connectivity index (χ1) is 14.9. The Kier molecular flexibility index (Phi) is 7.73. The molecule has 1 aliphatic rings. The third kappa shape index (κ3) is 6.33. The minimum absolute atomic E-state index is 0.237. The predicted octanol–water partition coefficient (Wildman–Crippen LogP) is 3.64. The number of aromatic nitrogens is 1. The van der Waals surface area contributed by atoms with Gasteiger partial charge in [-0.2, -0.15) is 0 Å². The molecule has 168 valence electrons. The van der Waals surface area contributed by atoms with Crippen molar-refractivity contribution in [3.8, 4) is 0 Å². The van der Waals surface area contributed by atoms with Crippen molar-refractivity contribution in [1.29, 1.82) is 0 Å². The van der Waals surface area contributed by atoms with Gasteiger partial charge in [-0.3, -0.25) is 9.59 Å². The van der Waals surface area contributed by atoms with Gasteiger partial charge in [0.05, 0.1) is 0 Å². The van der Waals surface area contributed by atoms with Gasteiger partial charge in [0.15, 0.2) is 11.9 Å². The summed E-state index contributed by atoms with van der Waals surface area (Å²) in [5.74, 6) is -1.76. The Labute approximate surface area is 179 Å². The molecular formula is C22H27F2N3O4. The van der Waals surface area contributed by atoms with Crippen molar-refractivity contribution in [2.75, 3.05) is 5.32 Å². The number of anilines is 1. The van der Waals surface area contributed by atoms with E-state index in [-0.39, 0.29) is 11.4 Å². The molecule has 1 saturated carbocycles. The lowest BCUT2D eigenvalue weighted by atomic mass is 10.0. The molecule has 0 aliphatic heterocycles. The second-order valence-corrected chi connectivity index (χ2v) is 7.98. The fourth-order valence-electron chi connectivity index (χ4n) is 3.87. The first-order valence-corrected chi connectivity index (χ1v) is 10.6. The van der Waals surface area contributed by atoms with E-state index in [9.17, 15) is 23.5 Å². The third-order valence-corrected chi connectivity index (χ3v) is 5.43. The molecule has 1 fully saturated rings. The van der Waals surface area contributed by atoms with Crippen LogP contribution < -0.4 is 10.6 Å². The number of nitrogens with zero attached hydrogens (tertiary/aromatic N) is 1. The van der Waals surface area contributed by atoms with Gasteiger partial charge < -0.3 is 20.3 Å². The smallest absolute Gasteiger partial charge is 0.254 e. The first-order valence-electron chi connectivity index (χ1n) is 10.6. The fourth-order valence-corrected chi connectivity index (χ4v) is 3.87. The SMILES string of the molecule is CCCC(NC(=O)C(O)c1cc(F)cc(F)c1)C(=O)Nc1cc(CC2CCCC2)on1. The van der Waals surface area contributed by atoms with Gasteiger partial charge >= 0.3 is 0 Å². The summed E-state index contributed by atoms with van der Waals surface area (Å²) >= 11 is 0. The molecule has 1 aromatic carbocycles. The van der Waals surface area contributed by atoms with Crippen LogP contribution in [0.5, 0.6) is 0 Å². The molecule has 1 heterocycles. The summed E-state index contributed by atoms with van der Waals surface area (Å²) in [6.07, 6.45) is 4.58. The molecule has 1 aliphatic carbocycles. The maximum atomic E-state index is 13.4. The highest BCUT2D eigenvalue weighted by Gasteiger charge is 2.26. The van der Waals surface area contributed by atoms with E-state index >= 15 is 0 Å². The van der Waals surface area contributed by atoms with Gasteiger partial charge in [0, 0.05) is 18.6 Å². The molecular weight excluding hydrogens is 408 g/mol. The number of hydrogen-bond donors (Lipinski definition) is 3. The van der Waals surface area contributed by atoms with Crippen molar-refractivity contribution in [1.82, 2.24) is 10.5 Å². The van der Waals surface area contributed by atoms with Crippen LogP contribution in [0.25, 0.3) is 0 Å². The van der Waals surface area contributed by atoms with E-state index in [2.05, 4.69) is 15.8 Å². The van der Waals surface area contributed by atoms with Gasteiger partial charge in [-0.05, 0) is 30.0 Å². The monoisotopic (exact) mass is 435 g/mol. The van der Waals surface area contributed by atoms with Crippen LogP contribution in [-0.2, 0) is 16.0 Å². The molecule has 0 radical (unpaired) electrons. The zero-order valence-electron chi connectivity index (χ0n) is 17.4. The topological polar surface area (TPSA) is 104 Å². The van der Waals surface area contributed by atoms with Crippen molar-refractivity contribution < 1.29 is 28.0 Å². The quantitative estimate of drug-likeness (QED) is 0.558. The number of carbonyl (C=O) groups excluding carboxylic acids is 2. The van der Waals surface area contributed by atoms with Crippen molar-refractivity contribution in [2.24, 2.45) is 5.92 Å². The van der Waals surface area contributed by atoms with Crippen molar-refractivity contribution in [3.05, 3.63) is 47.2 Å². The van der Waals surface area contributed by atoms with Gasteiger partial charge in [-0.1, -0.05) is 44.2 Å². The van der Waals surface area contributed by atoms with Crippen LogP contribution in [0.1, 0.15) is 62.9 Å². The molecule has 2 amide bonds. The average molecular weight is 435 g/mol. The Morgan fingerprint density at radius 3 is 2.48 bits per heavy atom. The molecule has 2 atom stereocenters. The molecule has 1 aromatic heterocycles. The Balaban J connectivity index is 1.60. The molecule has 3 rings (SSSR count). The zero-order valence-corrected chi connectivity index (χ0v) is 17.4. The first kappa shape index (κ1) is 22.9.